The van der Waals surface area contributed by atoms with E-state index < -0.39 is 0 Å². The van der Waals surface area contributed by atoms with Gasteiger partial charge >= 0.3 is 0 Å². The van der Waals surface area contributed by atoms with Gasteiger partial charge in [0.25, 0.3) is 5.56 Å². The van der Waals surface area contributed by atoms with Crippen LogP contribution in [0.4, 0.5) is 5.69 Å². The topological polar surface area (TPSA) is 65.4 Å². The Morgan fingerprint density at radius 2 is 1.77 bits per heavy atom. The van der Waals surface area contributed by atoms with Gasteiger partial charge in [0.15, 0.2) is 0 Å². The summed E-state index contributed by atoms with van der Waals surface area (Å²) in [4.78, 5) is 18.4. The summed E-state index contributed by atoms with van der Waals surface area (Å²) in [6, 6.07) is 4.06. The lowest BCUT2D eigenvalue weighted by molar-refractivity contribution is 0.126. The fraction of sp³-hybridized carbons (Fsp3) is 0.565. The summed E-state index contributed by atoms with van der Waals surface area (Å²) in [5, 5.41) is 3.96. The minimum Gasteiger partial charge on any atom is -0.382 e. The molecule has 0 bridgehead atoms. The van der Waals surface area contributed by atoms with Crippen molar-refractivity contribution < 1.29 is 9.47 Å². The first-order chi connectivity index (χ1) is 14.5. The maximum Gasteiger partial charge on any atom is 0.277 e. The van der Waals surface area contributed by atoms with E-state index in [9.17, 15) is 4.79 Å². The lowest BCUT2D eigenvalue weighted by Gasteiger charge is -2.23. The van der Waals surface area contributed by atoms with Crippen LogP contribution in [0.2, 0.25) is 5.02 Å². The molecule has 0 aliphatic heterocycles. The van der Waals surface area contributed by atoms with Gasteiger partial charge in [-0.25, -0.2) is 4.98 Å². The number of rotatable bonds is 9. The largest absolute Gasteiger partial charge is 0.382 e. The molecule has 0 atom stereocenters. The Hall–Kier alpha value is -1.89. The van der Waals surface area contributed by atoms with Gasteiger partial charge < -0.3 is 14.8 Å². The Morgan fingerprint density at radius 1 is 1.13 bits per heavy atom. The van der Waals surface area contributed by atoms with Crippen LogP contribution in [-0.4, -0.2) is 43.0 Å². The first kappa shape index (κ1) is 22.8. The lowest BCUT2D eigenvalue weighted by Crippen LogP contribution is -2.35. The molecular formula is C23H32ClN3O3. The van der Waals surface area contributed by atoms with Gasteiger partial charge in [-0.2, -0.15) is 0 Å². The summed E-state index contributed by atoms with van der Waals surface area (Å²) < 4.78 is 12.2. The fourth-order valence-electron chi connectivity index (χ4n) is 4.16. The highest BCUT2D eigenvalue weighted by Gasteiger charge is 2.22. The number of nitrogens with zero attached hydrogens (tertiary/aromatic N) is 2. The predicted molar refractivity (Wildman–Crippen MR) is 122 cm³/mol. The summed E-state index contributed by atoms with van der Waals surface area (Å²) in [5.41, 5.74) is 4.62. The fourth-order valence-corrected chi connectivity index (χ4v) is 4.43. The van der Waals surface area contributed by atoms with Crippen LogP contribution < -0.4 is 10.9 Å². The first-order valence-corrected chi connectivity index (χ1v) is 11.1. The molecule has 0 saturated carbocycles. The molecule has 1 N–H and O–H groups in total. The smallest absolute Gasteiger partial charge is 0.277 e. The Balaban J connectivity index is 2.11. The van der Waals surface area contributed by atoms with Crippen molar-refractivity contribution in [1.82, 2.24) is 9.55 Å². The second kappa shape index (κ2) is 10.4. The second-order valence-corrected chi connectivity index (χ2v) is 8.13. The molecule has 0 amide bonds. The van der Waals surface area contributed by atoms with Gasteiger partial charge in [-0.05, 0) is 62.3 Å². The van der Waals surface area contributed by atoms with Gasteiger partial charge in [0.2, 0.25) is 0 Å². The standard InChI is InChI=1S/C23H32ClN3O3/c1-5-20-21(25-17(13-29-3)14-30-4)23(28)27(6-2)22(26-20)18-11-15-9-7-8-10-16(15)12-19(18)24/h11-12,17,25H,5-10,13-14H2,1-4H3. The van der Waals surface area contributed by atoms with Crippen LogP contribution >= 0.6 is 11.6 Å². The number of fused-ring (bicyclic) bond motifs is 1. The summed E-state index contributed by atoms with van der Waals surface area (Å²) >= 11 is 6.68. The molecule has 6 nitrogen and oxygen atoms in total. The maximum absolute atomic E-state index is 13.5. The highest BCUT2D eigenvalue weighted by Crippen LogP contribution is 2.33. The molecule has 3 rings (SSSR count). The highest BCUT2D eigenvalue weighted by atomic mass is 35.5. The number of aromatic nitrogens is 2. The summed E-state index contributed by atoms with van der Waals surface area (Å²) in [7, 11) is 3.27. The van der Waals surface area contributed by atoms with Gasteiger partial charge in [0.1, 0.15) is 11.5 Å². The molecule has 2 aromatic rings. The number of methoxy groups -OCH3 is 2. The molecule has 30 heavy (non-hydrogen) atoms. The molecule has 0 saturated heterocycles. The molecule has 0 fully saturated rings. The highest BCUT2D eigenvalue weighted by molar-refractivity contribution is 6.33. The van der Waals surface area contributed by atoms with Crippen LogP contribution in [0.25, 0.3) is 11.4 Å². The Morgan fingerprint density at radius 3 is 2.33 bits per heavy atom. The molecular weight excluding hydrogens is 402 g/mol. The zero-order valence-electron chi connectivity index (χ0n) is 18.4. The van der Waals surface area contributed by atoms with E-state index in [4.69, 9.17) is 26.1 Å². The zero-order chi connectivity index (χ0) is 21.7. The average Bonchev–Trinajstić information content (AvgIpc) is 2.74. The molecule has 0 unspecified atom stereocenters. The summed E-state index contributed by atoms with van der Waals surface area (Å²) in [5.74, 6) is 0.637. The molecule has 1 aliphatic rings. The van der Waals surface area contributed by atoms with Crippen LogP contribution in [0.3, 0.4) is 0 Å². The van der Waals surface area contributed by atoms with Gasteiger partial charge in [0, 0.05) is 26.3 Å². The number of aryl methyl sites for hydroxylation is 3. The average molecular weight is 434 g/mol. The third kappa shape index (κ3) is 4.71. The van der Waals surface area contributed by atoms with Crippen LogP contribution in [0.5, 0.6) is 0 Å². The monoisotopic (exact) mass is 433 g/mol. The molecule has 0 spiro atoms. The van der Waals surface area contributed by atoms with Gasteiger partial charge in [-0.1, -0.05) is 18.5 Å². The summed E-state index contributed by atoms with van der Waals surface area (Å²) in [6.45, 7) is 5.33. The van der Waals surface area contributed by atoms with Crippen LogP contribution in [0.1, 0.15) is 43.5 Å². The molecule has 1 aromatic carbocycles. The number of hydrogen-bond donors (Lipinski definition) is 1. The number of hydrogen-bond acceptors (Lipinski definition) is 5. The third-order valence-corrected chi connectivity index (χ3v) is 5.96. The van der Waals surface area contributed by atoms with Crippen molar-refractivity contribution in [3.63, 3.8) is 0 Å². The molecule has 1 aliphatic carbocycles. The van der Waals surface area contributed by atoms with E-state index in [1.54, 1.807) is 18.8 Å². The number of nitrogens with one attached hydrogen (secondary N) is 1. The predicted octanol–water partition coefficient (Wildman–Crippen LogP) is 4.10. The van der Waals surface area contributed by atoms with Gasteiger partial charge in [0.05, 0.1) is 30.0 Å². The normalized spacial score (nSPS) is 13.5. The first-order valence-electron chi connectivity index (χ1n) is 10.7. The van der Waals surface area contributed by atoms with Crippen molar-refractivity contribution >= 4 is 17.3 Å². The molecule has 1 aromatic heterocycles. The maximum atomic E-state index is 13.5. The Kier molecular flexibility index (Phi) is 7.92. The van der Waals surface area contributed by atoms with E-state index in [1.165, 1.54) is 24.0 Å². The molecule has 0 radical (unpaired) electrons. The molecule has 7 heteroatoms. The van der Waals surface area contributed by atoms with Crippen LogP contribution in [-0.2, 0) is 35.3 Å². The van der Waals surface area contributed by atoms with E-state index >= 15 is 0 Å². The van der Waals surface area contributed by atoms with Crippen LogP contribution in [0.15, 0.2) is 16.9 Å². The van der Waals surface area contributed by atoms with Crippen molar-refractivity contribution in [3.8, 4) is 11.4 Å². The van der Waals surface area contributed by atoms with Crippen molar-refractivity contribution in [2.24, 2.45) is 0 Å². The minimum absolute atomic E-state index is 0.0923. The number of benzene rings is 1. The van der Waals surface area contributed by atoms with Gasteiger partial charge in [-0.15, -0.1) is 0 Å². The van der Waals surface area contributed by atoms with E-state index in [2.05, 4.69) is 17.4 Å². The van der Waals surface area contributed by atoms with Crippen molar-refractivity contribution in [3.05, 3.63) is 44.3 Å². The van der Waals surface area contributed by atoms with E-state index in [-0.39, 0.29) is 11.6 Å². The minimum atomic E-state index is -0.136. The zero-order valence-corrected chi connectivity index (χ0v) is 19.1. The number of anilines is 1. The quantitative estimate of drug-likeness (QED) is 0.645. The Bertz CT molecular complexity index is 936. The molecule has 164 valence electrons. The Labute approximate surface area is 183 Å². The lowest BCUT2D eigenvalue weighted by atomic mass is 9.90. The third-order valence-electron chi connectivity index (χ3n) is 5.65. The summed E-state index contributed by atoms with van der Waals surface area (Å²) in [6.07, 6.45) is 5.12. The second-order valence-electron chi connectivity index (χ2n) is 7.72. The van der Waals surface area contributed by atoms with E-state index in [0.29, 0.717) is 42.7 Å². The molecule has 1 heterocycles. The van der Waals surface area contributed by atoms with E-state index in [1.807, 2.05) is 13.8 Å². The van der Waals surface area contributed by atoms with Gasteiger partial charge in [-0.3, -0.25) is 9.36 Å². The van der Waals surface area contributed by atoms with Crippen molar-refractivity contribution in [2.75, 3.05) is 32.8 Å². The van der Waals surface area contributed by atoms with Crippen molar-refractivity contribution in [1.29, 1.82) is 0 Å². The number of ether oxygens (including phenoxy) is 2. The van der Waals surface area contributed by atoms with E-state index in [0.717, 1.165) is 24.1 Å². The SMILES string of the molecule is CCc1nc(-c2cc3c(cc2Cl)CCCC3)n(CC)c(=O)c1NC(COC)COC. The van der Waals surface area contributed by atoms with Crippen molar-refractivity contribution in [2.45, 2.75) is 58.5 Å². The van der Waals surface area contributed by atoms with Crippen LogP contribution in [0, 0.1) is 0 Å². The number of halogens is 1.